The Kier molecular flexibility index (Phi) is 5.71. The van der Waals surface area contributed by atoms with Gasteiger partial charge in [-0.1, -0.05) is 19.9 Å². The number of nitrogens with zero attached hydrogens (tertiary/aromatic N) is 3. The number of ether oxygens (including phenoxy) is 2. The van der Waals surface area contributed by atoms with E-state index in [1.807, 2.05) is 25.1 Å². The average molecular weight is 320 g/mol. The second kappa shape index (κ2) is 7.74. The van der Waals surface area contributed by atoms with Gasteiger partial charge in [0, 0.05) is 12.0 Å². The van der Waals surface area contributed by atoms with Crippen LogP contribution in [-0.2, 0) is 6.42 Å². The van der Waals surface area contributed by atoms with Crippen LogP contribution >= 0.6 is 12.2 Å². The van der Waals surface area contributed by atoms with Crippen molar-refractivity contribution < 1.29 is 9.47 Å². The molecule has 0 saturated carbocycles. The number of aryl methyl sites for hydroxylation is 1. The Morgan fingerprint density at radius 2 is 2.23 bits per heavy atom. The molecule has 0 radical (unpaired) electrons. The van der Waals surface area contributed by atoms with E-state index in [-0.39, 0.29) is 0 Å². The Hall–Kier alpha value is -2.15. The molecule has 0 spiro atoms. The third-order valence-electron chi connectivity index (χ3n) is 3.03. The van der Waals surface area contributed by atoms with Gasteiger partial charge >= 0.3 is 0 Å². The maximum Gasteiger partial charge on any atom is 0.216 e. The van der Waals surface area contributed by atoms with Gasteiger partial charge in [-0.2, -0.15) is 14.9 Å². The van der Waals surface area contributed by atoms with Gasteiger partial charge in [-0.15, -0.1) is 0 Å². The molecule has 0 amide bonds. The second-order valence-corrected chi connectivity index (χ2v) is 4.97. The molecule has 1 N–H and O–H groups in total. The molecule has 0 saturated heterocycles. The fourth-order valence-corrected chi connectivity index (χ4v) is 2.14. The summed E-state index contributed by atoms with van der Waals surface area (Å²) in [5, 5.41) is 11.3. The van der Waals surface area contributed by atoms with Crippen LogP contribution in [0.4, 0.5) is 0 Å². The minimum atomic E-state index is 0.465. The zero-order valence-electron chi connectivity index (χ0n) is 13.0. The Balaban J connectivity index is 2.37. The second-order valence-electron chi connectivity index (χ2n) is 4.58. The number of para-hydroxylation sites is 1. The minimum absolute atomic E-state index is 0.465. The predicted molar refractivity (Wildman–Crippen MR) is 88.6 cm³/mol. The molecule has 6 nitrogen and oxygen atoms in total. The van der Waals surface area contributed by atoms with Crippen LogP contribution in [0.1, 0.15) is 31.7 Å². The van der Waals surface area contributed by atoms with Gasteiger partial charge in [0.05, 0.1) is 19.9 Å². The molecule has 0 aliphatic rings. The number of hydrogen-bond donors (Lipinski definition) is 1. The highest BCUT2D eigenvalue weighted by Crippen LogP contribution is 2.30. The molecular weight excluding hydrogens is 300 g/mol. The summed E-state index contributed by atoms with van der Waals surface area (Å²) >= 11 is 5.18. The van der Waals surface area contributed by atoms with Gasteiger partial charge in [-0.3, -0.25) is 5.10 Å². The average Bonchev–Trinajstić information content (AvgIpc) is 2.91. The van der Waals surface area contributed by atoms with E-state index in [2.05, 4.69) is 22.2 Å². The van der Waals surface area contributed by atoms with Gasteiger partial charge in [0.2, 0.25) is 4.77 Å². The highest BCUT2D eigenvalue weighted by Gasteiger charge is 2.09. The van der Waals surface area contributed by atoms with Crippen LogP contribution in [0.5, 0.6) is 11.5 Å². The van der Waals surface area contributed by atoms with Crippen LogP contribution in [0.2, 0.25) is 0 Å². The van der Waals surface area contributed by atoms with Gasteiger partial charge in [0.1, 0.15) is 0 Å². The third-order valence-corrected chi connectivity index (χ3v) is 3.29. The highest BCUT2D eigenvalue weighted by atomic mass is 32.1. The van der Waals surface area contributed by atoms with E-state index in [1.165, 1.54) is 0 Å². The lowest BCUT2D eigenvalue weighted by Gasteiger charge is -2.12. The fourth-order valence-electron chi connectivity index (χ4n) is 1.95. The van der Waals surface area contributed by atoms with Crippen molar-refractivity contribution in [2.24, 2.45) is 5.10 Å². The summed E-state index contributed by atoms with van der Waals surface area (Å²) in [6.45, 7) is 4.67. The third kappa shape index (κ3) is 3.54. The van der Waals surface area contributed by atoms with Gasteiger partial charge in [-0.25, -0.2) is 0 Å². The molecule has 2 rings (SSSR count). The molecule has 0 aliphatic carbocycles. The van der Waals surface area contributed by atoms with Gasteiger partial charge in [-0.05, 0) is 30.8 Å². The molecule has 22 heavy (non-hydrogen) atoms. The van der Waals surface area contributed by atoms with E-state index in [9.17, 15) is 0 Å². The first-order valence-electron chi connectivity index (χ1n) is 7.21. The molecule has 2 aromatic rings. The normalized spacial score (nSPS) is 11.0. The molecule has 1 aromatic carbocycles. The highest BCUT2D eigenvalue weighted by molar-refractivity contribution is 7.71. The quantitative estimate of drug-likeness (QED) is 0.628. The Bertz CT molecular complexity index is 706. The van der Waals surface area contributed by atoms with Gasteiger partial charge in [0.25, 0.3) is 0 Å². The number of nitrogens with one attached hydrogen (secondary N) is 1. The van der Waals surface area contributed by atoms with Crippen LogP contribution < -0.4 is 9.47 Å². The summed E-state index contributed by atoms with van der Waals surface area (Å²) in [4.78, 5) is 0. The lowest BCUT2D eigenvalue weighted by Crippen LogP contribution is -2.02. The van der Waals surface area contributed by atoms with Gasteiger partial charge < -0.3 is 9.47 Å². The van der Waals surface area contributed by atoms with Crippen LogP contribution in [0.15, 0.2) is 23.3 Å². The molecule has 1 aromatic heterocycles. The topological polar surface area (TPSA) is 64.4 Å². The van der Waals surface area contributed by atoms with Gasteiger partial charge in [0.15, 0.2) is 17.3 Å². The first-order chi connectivity index (χ1) is 10.7. The van der Waals surface area contributed by atoms with E-state index >= 15 is 0 Å². The lowest BCUT2D eigenvalue weighted by atomic mass is 10.2. The maximum atomic E-state index is 5.79. The molecule has 0 bridgehead atoms. The largest absolute Gasteiger partial charge is 0.493 e. The maximum absolute atomic E-state index is 5.79. The fraction of sp³-hybridized carbons (Fsp3) is 0.400. The SMILES string of the molecule is CCCOc1c(/C=N/n2c(CC)n[nH]c2=S)cccc1OC. The van der Waals surface area contributed by atoms with E-state index in [0.29, 0.717) is 22.9 Å². The number of hydrogen-bond acceptors (Lipinski definition) is 5. The van der Waals surface area contributed by atoms with Crippen molar-refractivity contribution >= 4 is 18.4 Å². The number of rotatable bonds is 7. The van der Waals surface area contributed by atoms with E-state index < -0.39 is 0 Å². The number of H-pyrrole nitrogens is 1. The molecule has 7 heteroatoms. The zero-order chi connectivity index (χ0) is 15.9. The Morgan fingerprint density at radius 1 is 1.41 bits per heavy atom. The summed E-state index contributed by atoms with van der Waals surface area (Å²) in [6, 6.07) is 5.68. The molecular formula is C15H20N4O2S. The van der Waals surface area contributed by atoms with Crippen LogP contribution in [0.3, 0.4) is 0 Å². The molecule has 0 fully saturated rings. The first kappa shape index (κ1) is 16.2. The summed E-state index contributed by atoms with van der Waals surface area (Å²) in [5.41, 5.74) is 0.831. The number of methoxy groups -OCH3 is 1. The number of aromatic nitrogens is 3. The van der Waals surface area contributed by atoms with Crippen LogP contribution in [-0.4, -0.2) is 34.8 Å². The summed E-state index contributed by atoms with van der Waals surface area (Å²) in [5.74, 6) is 2.15. The number of benzene rings is 1. The Morgan fingerprint density at radius 3 is 2.91 bits per heavy atom. The first-order valence-corrected chi connectivity index (χ1v) is 7.62. The lowest BCUT2D eigenvalue weighted by molar-refractivity contribution is 0.294. The molecule has 118 valence electrons. The van der Waals surface area contributed by atoms with Crippen molar-refractivity contribution in [2.75, 3.05) is 13.7 Å². The van der Waals surface area contributed by atoms with Crippen molar-refractivity contribution in [2.45, 2.75) is 26.7 Å². The molecule has 0 aliphatic heterocycles. The minimum Gasteiger partial charge on any atom is -0.493 e. The van der Waals surface area contributed by atoms with Crippen LogP contribution in [0.25, 0.3) is 0 Å². The zero-order valence-corrected chi connectivity index (χ0v) is 13.8. The molecule has 1 heterocycles. The van der Waals surface area contributed by atoms with E-state index in [1.54, 1.807) is 18.0 Å². The molecule has 0 unspecified atom stereocenters. The van der Waals surface area contributed by atoms with Crippen molar-refractivity contribution in [3.8, 4) is 11.5 Å². The van der Waals surface area contributed by atoms with E-state index in [4.69, 9.17) is 21.7 Å². The standard InChI is InChI=1S/C15H20N4O2S/c1-4-9-21-14-11(7-6-8-12(14)20-3)10-16-19-13(5-2)17-18-15(19)22/h6-8,10H,4-5,9H2,1-3H3,(H,18,22)/b16-10+. The smallest absolute Gasteiger partial charge is 0.216 e. The van der Waals surface area contributed by atoms with Crippen molar-refractivity contribution in [1.82, 2.24) is 14.9 Å². The predicted octanol–water partition coefficient (Wildman–Crippen LogP) is 3.18. The van der Waals surface area contributed by atoms with Crippen molar-refractivity contribution in [1.29, 1.82) is 0 Å². The number of aromatic amines is 1. The molecule has 0 atom stereocenters. The van der Waals surface area contributed by atoms with E-state index in [0.717, 1.165) is 24.2 Å². The van der Waals surface area contributed by atoms with Crippen LogP contribution in [0, 0.1) is 4.77 Å². The Labute approximate surface area is 134 Å². The summed E-state index contributed by atoms with van der Waals surface area (Å²) in [6.07, 6.45) is 3.36. The summed E-state index contributed by atoms with van der Waals surface area (Å²) in [7, 11) is 1.62. The monoisotopic (exact) mass is 320 g/mol. The van der Waals surface area contributed by atoms with Crippen molar-refractivity contribution in [3.05, 3.63) is 34.4 Å². The van der Waals surface area contributed by atoms with Crippen molar-refractivity contribution in [3.63, 3.8) is 0 Å². The summed E-state index contributed by atoms with van der Waals surface area (Å²) < 4.78 is 13.2.